The Morgan fingerprint density at radius 1 is 1.20 bits per heavy atom. The Labute approximate surface area is 117 Å². The number of hydrogen-bond acceptors (Lipinski definition) is 4. The lowest BCUT2D eigenvalue weighted by Crippen LogP contribution is -2.18. The van der Waals surface area contributed by atoms with E-state index in [1.807, 2.05) is 42.3 Å². The molecule has 20 heavy (non-hydrogen) atoms. The first-order valence-electron chi connectivity index (χ1n) is 6.17. The maximum Gasteiger partial charge on any atom is 0.170 e. The molecule has 0 aliphatic rings. The van der Waals surface area contributed by atoms with Gasteiger partial charge < -0.3 is 20.9 Å². The number of nitrogens with zero attached hydrogens (tertiary/aromatic N) is 2. The molecule has 2 aromatic carbocycles. The molecule has 0 saturated heterocycles. The molecule has 0 aliphatic heterocycles. The van der Waals surface area contributed by atoms with E-state index < -0.39 is 0 Å². The molecule has 5 nitrogen and oxygen atoms in total. The predicted octanol–water partition coefficient (Wildman–Crippen LogP) is 2.12. The van der Waals surface area contributed by atoms with Gasteiger partial charge in [-0.2, -0.15) is 0 Å². The van der Waals surface area contributed by atoms with Crippen LogP contribution in [0, 0.1) is 0 Å². The van der Waals surface area contributed by atoms with Crippen LogP contribution < -0.4 is 10.6 Å². The summed E-state index contributed by atoms with van der Waals surface area (Å²) in [6, 6.07) is 14.5. The monoisotopic (exact) mass is 271 g/mol. The quantitative estimate of drug-likeness (QED) is 0.344. The molecular formula is C15H17N3O2. The van der Waals surface area contributed by atoms with Gasteiger partial charge in [0.1, 0.15) is 5.75 Å². The van der Waals surface area contributed by atoms with E-state index in [1.54, 1.807) is 18.2 Å². The van der Waals surface area contributed by atoms with Gasteiger partial charge in [-0.05, 0) is 29.8 Å². The van der Waals surface area contributed by atoms with Crippen LogP contribution in [-0.4, -0.2) is 23.2 Å². The third-order valence-electron chi connectivity index (χ3n) is 3.02. The topological polar surface area (TPSA) is 82.1 Å². The van der Waals surface area contributed by atoms with Crippen molar-refractivity contribution in [3.63, 3.8) is 0 Å². The maximum absolute atomic E-state index is 9.47. The Morgan fingerprint density at radius 3 is 2.65 bits per heavy atom. The van der Waals surface area contributed by atoms with E-state index in [9.17, 15) is 5.11 Å². The van der Waals surface area contributed by atoms with E-state index in [0.717, 1.165) is 11.3 Å². The molecule has 0 heterocycles. The normalized spacial score (nSPS) is 11.3. The minimum Gasteiger partial charge on any atom is -0.508 e. The Morgan fingerprint density at radius 2 is 1.95 bits per heavy atom. The van der Waals surface area contributed by atoms with Crippen molar-refractivity contribution in [2.24, 2.45) is 10.9 Å². The number of amidine groups is 1. The molecule has 0 bridgehead atoms. The summed E-state index contributed by atoms with van der Waals surface area (Å²) in [5, 5.41) is 21.2. The number of aromatic hydroxyl groups is 1. The zero-order valence-corrected chi connectivity index (χ0v) is 11.2. The van der Waals surface area contributed by atoms with Gasteiger partial charge in [0.15, 0.2) is 5.84 Å². The molecule has 4 N–H and O–H groups in total. The zero-order valence-electron chi connectivity index (χ0n) is 11.2. The average Bonchev–Trinajstić information content (AvgIpc) is 2.46. The van der Waals surface area contributed by atoms with Crippen molar-refractivity contribution in [2.75, 3.05) is 11.9 Å². The summed E-state index contributed by atoms with van der Waals surface area (Å²) in [7, 11) is 1.94. The van der Waals surface area contributed by atoms with E-state index in [0.29, 0.717) is 12.1 Å². The van der Waals surface area contributed by atoms with Gasteiger partial charge in [0.25, 0.3) is 0 Å². The molecule has 0 atom stereocenters. The molecule has 5 heteroatoms. The third-order valence-corrected chi connectivity index (χ3v) is 3.02. The molecule has 104 valence electrons. The molecule has 0 fully saturated rings. The molecule has 0 radical (unpaired) electrons. The number of oxime groups is 1. The minimum absolute atomic E-state index is 0.0811. The molecular weight excluding hydrogens is 254 g/mol. The maximum atomic E-state index is 9.47. The fraction of sp³-hybridized carbons (Fsp3) is 0.133. The highest BCUT2D eigenvalue weighted by atomic mass is 16.4. The van der Waals surface area contributed by atoms with Crippen molar-refractivity contribution in [3.8, 4) is 5.75 Å². The average molecular weight is 271 g/mol. The molecule has 0 unspecified atom stereocenters. The Balaban J connectivity index is 2.19. The number of hydrogen-bond donors (Lipinski definition) is 3. The van der Waals surface area contributed by atoms with Gasteiger partial charge >= 0.3 is 0 Å². The van der Waals surface area contributed by atoms with Crippen LogP contribution in [-0.2, 0) is 6.54 Å². The van der Waals surface area contributed by atoms with Gasteiger partial charge in [0, 0.05) is 24.8 Å². The van der Waals surface area contributed by atoms with Gasteiger partial charge in [0.05, 0.1) is 0 Å². The van der Waals surface area contributed by atoms with Crippen LogP contribution in [0.1, 0.15) is 11.1 Å². The molecule has 0 aliphatic carbocycles. The van der Waals surface area contributed by atoms with Gasteiger partial charge in [0.2, 0.25) is 0 Å². The Hall–Kier alpha value is -2.69. The number of phenols is 1. The first kappa shape index (κ1) is 13.7. The standard InChI is InChI=1S/C15H17N3O2/c1-18(10-11-4-2-7-14(19)8-11)13-6-3-5-12(9-13)15(16)17-20/h2-9,19-20H,10H2,1H3,(H2,16,17). The van der Waals surface area contributed by atoms with Crippen LogP contribution in [0.15, 0.2) is 53.7 Å². The van der Waals surface area contributed by atoms with Gasteiger partial charge in [-0.25, -0.2) is 0 Å². The molecule has 0 saturated carbocycles. The number of benzene rings is 2. The van der Waals surface area contributed by atoms with Gasteiger partial charge in [-0.3, -0.25) is 0 Å². The molecule has 2 aromatic rings. The summed E-state index contributed by atoms with van der Waals surface area (Å²) in [6.45, 7) is 0.647. The third kappa shape index (κ3) is 3.20. The Bertz CT molecular complexity index is 626. The zero-order chi connectivity index (χ0) is 14.5. The van der Waals surface area contributed by atoms with E-state index in [1.165, 1.54) is 0 Å². The summed E-state index contributed by atoms with van der Waals surface area (Å²) in [6.07, 6.45) is 0. The highest BCUT2D eigenvalue weighted by molar-refractivity contribution is 5.97. The Kier molecular flexibility index (Phi) is 4.10. The molecule has 0 spiro atoms. The lowest BCUT2D eigenvalue weighted by Gasteiger charge is -2.20. The largest absolute Gasteiger partial charge is 0.508 e. The lowest BCUT2D eigenvalue weighted by molar-refractivity contribution is 0.318. The fourth-order valence-electron chi connectivity index (χ4n) is 1.98. The van der Waals surface area contributed by atoms with Crippen LogP contribution in [0.25, 0.3) is 0 Å². The van der Waals surface area contributed by atoms with Crippen LogP contribution in [0.5, 0.6) is 5.75 Å². The van der Waals surface area contributed by atoms with Crippen molar-refractivity contribution in [1.82, 2.24) is 0 Å². The van der Waals surface area contributed by atoms with Crippen LogP contribution in [0.4, 0.5) is 5.69 Å². The molecule has 2 rings (SSSR count). The van der Waals surface area contributed by atoms with Gasteiger partial charge in [-0.1, -0.05) is 29.4 Å². The number of rotatable bonds is 4. The highest BCUT2D eigenvalue weighted by Crippen LogP contribution is 2.19. The van der Waals surface area contributed by atoms with Crippen LogP contribution >= 0.6 is 0 Å². The van der Waals surface area contributed by atoms with Crippen LogP contribution in [0.2, 0.25) is 0 Å². The van der Waals surface area contributed by atoms with E-state index >= 15 is 0 Å². The summed E-state index contributed by atoms with van der Waals surface area (Å²) < 4.78 is 0. The summed E-state index contributed by atoms with van der Waals surface area (Å²) in [4.78, 5) is 2.02. The minimum atomic E-state index is 0.0811. The number of nitrogens with two attached hydrogens (primary N) is 1. The van der Waals surface area contributed by atoms with E-state index in [4.69, 9.17) is 10.9 Å². The second-order valence-corrected chi connectivity index (χ2v) is 4.56. The van der Waals surface area contributed by atoms with Crippen molar-refractivity contribution in [2.45, 2.75) is 6.54 Å². The summed E-state index contributed by atoms with van der Waals surface area (Å²) in [5.74, 6) is 0.332. The summed E-state index contributed by atoms with van der Waals surface area (Å²) >= 11 is 0. The van der Waals surface area contributed by atoms with Crippen molar-refractivity contribution < 1.29 is 10.3 Å². The fourth-order valence-corrected chi connectivity index (χ4v) is 1.98. The predicted molar refractivity (Wildman–Crippen MR) is 79.2 cm³/mol. The second kappa shape index (κ2) is 5.97. The van der Waals surface area contributed by atoms with Crippen molar-refractivity contribution >= 4 is 11.5 Å². The number of phenolic OH excluding ortho intramolecular Hbond substituents is 1. The van der Waals surface area contributed by atoms with E-state index in [-0.39, 0.29) is 11.6 Å². The van der Waals surface area contributed by atoms with Gasteiger partial charge in [-0.15, -0.1) is 0 Å². The highest BCUT2D eigenvalue weighted by Gasteiger charge is 2.06. The van der Waals surface area contributed by atoms with Crippen molar-refractivity contribution in [3.05, 3.63) is 59.7 Å². The smallest absolute Gasteiger partial charge is 0.170 e. The SMILES string of the molecule is CN(Cc1cccc(O)c1)c1cccc(/C(N)=N/O)c1. The summed E-state index contributed by atoms with van der Waals surface area (Å²) in [5.41, 5.74) is 8.19. The first-order valence-corrected chi connectivity index (χ1v) is 6.17. The van der Waals surface area contributed by atoms with Crippen LogP contribution in [0.3, 0.4) is 0 Å². The van der Waals surface area contributed by atoms with E-state index in [2.05, 4.69) is 5.16 Å². The second-order valence-electron chi connectivity index (χ2n) is 4.56. The van der Waals surface area contributed by atoms with Crippen molar-refractivity contribution in [1.29, 1.82) is 0 Å². The number of anilines is 1. The first-order chi connectivity index (χ1) is 9.60. The lowest BCUT2D eigenvalue weighted by atomic mass is 10.1. The molecule has 0 amide bonds. The molecule has 0 aromatic heterocycles.